The maximum Gasteiger partial charge on any atom is 0.240 e. The van der Waals surface area contributed by atoms with Crippen molar-refractivity contribution in [3.63, 3.8) is 0 Å². The first kappa shape index (κ1) is 14.7. The molecule has 9 heteroatoms. The Morgan fingerprint density at radius 1 is 1.30 bits per heavy atom. The summed E-state index contributed by atoms with van der Waals surface area (Å²) in [6, 6.07) is 6.17. The summed E-state index contributed by atoms with van der Waals surface area (Å²) in [5.74, 6) is 0.605. The summed E-state index contributed by atoms with van der Waals surface area (Å²) >= 11 is 1.24. The van der Waals surface area contributed by atoms with Crippen molar-refractivity contribution < 1.29 is 13.2 Å². The first-order valence-electron chi connectivity index (χ1n) is 5.73. The Morgan fingerprint density at radius 3 is 2.55 bits per heavy atom. The Bertz CT molecular complexity index is 667. The minimum absolute atomic E-state index is 0.190. The fourth-order valence-corrected chi connectivity index (χ4v) is 3.14. The van der Waals surface area contributed by atoms with Gasteiger partial charge in [-0.05, 0) is 24.3 Å². The van der Waals surface area contributed by atoms with Crippen molar-refractivity contribution in [3.8, 4) is 5.75 Å². The number of nitrogens with zero attached hydrogens (tertiary/aromatic N) is 2. The highest BCUT2D eigenvalue weighted by Gasteiger charge is 2.13. The molecule has 0 amide bonds. The lowest BCUT2D eigenvalue weighted by Gasteiger charge is -2.06. The molecule has 0 aliphatic carbocycles. The van der Waals surface area contributed by atoms with Gasteiger partial charge in [0.15, 0.2) is 0 Å². The number of ether oxygens (including phenoxy) is 1. The molecule has 20 heavy (non-hydrogen) atoms. The fraction of sp³-hybridized carbons (Fsp3) is 0.273. The molecule has 2 rings (SSSR count). The SMILES string of the molecule is COc1ccc(S(=O)(=O)NCCc2nnc(N)s2)cc1. The number of hydrogen-bond donors (Lipinski definition) is 2. The summed E-state index contributed by atoms with van der Waals surface area (Å²) in [6.07, 6.45) is 0.449. The number of nitrogen functional groups attached to an aromatic ring is 1. The predicted octanol–water partition coefficient (Wildman–Crippen LogP) is 0.650. The van der Waals surface area contributed by atoms with Gasteiger partial charge >= 0.3 is 0 Å². The third kappa shape index (κ3) is 3.65. The van der Waals surface area contributed by atoms with Crippen LogP contribution in [0.2, 0.25) is 0 Å². The zero-order chi connectivity index (χ0) is 14.6. The van der Waals surface area contributed by atoms with Crippen molar-refractivity contribution in [1.82, 2.24) is 14.9 Å². The van der Waals surface area contributed by atoms with Crippen molar-refractivity contribution in [3.05, 3.63) is 29.3 Å². The van der Waals surface area contributed by atoms with Gasteiger partial charge in [0, 0.05) is 13.0 Å². The van der Waals surface area contributed by atoms with Crippen LogP contribution in [0.25, 0.3) is 0 Å². The van der Waals surface area contributed by atoms with Gasteiger partial charge in [-0.2, -0.15) is 0 Å². The van der Waals surface area contributed by atoms with E-state index in [2.05, 4.69) is 14.9 Å². The smallest absolute Gasteiger partial charge is 0.240 e. The average Bonchev–Trinajstić information content (AvgIpc) is 2.84. The summed E-state index contributed by atoms with van der Waals surface area (Å²) in [4.78, 5) is 0.190. The maximum atomic E-state index is 12.0. The lowest BCUT2D eigenvalue weighted by Crippen LogP contribution is -2.25. The van der Waals surface area contributed by atoms with E-state index in [0.717, 1.165) is 0 Å². The Morgan fingerprint density at radius 2 is 2.00 bits per heavy atom. The molecule has 7 nitrogen and oxygen atoms in total. The molecule has 3 N–H and O–H groups in total. The zero-order valence-corrected chi connectivity index (χ0v) is 12.4. The summed E-state index contributed by atoms with van der Waals surface area (Å²) in [6.45, 7) is 0.239. The van der Waals surface area contributed by atoms with Gasteiger partial charge in [-0.1, -0.05) is 11.3 Å². The molecule has 1 aromatic heterocycles. The van der Waals surface area contributed by atoms with E-state index in [1.165, 1.54) is 30.6 Å². The topological polar surface area (TPSA) is 107 Å². The summed E-state index contributed by atoms with van der Waals surface area (Å²) in [5.41, 5.74) is 5.45. The highest BCUT2D eigenvalue weighted by Crippen LogP contribution is 2.15. The lowest BCUT2D eigenvalue weighted by molar-refractivity contribution is 0.414. The minimum Gasteiger partial charge on any atom is -0.497 e. The van der Waals surface area contributed by atoms with Gasteiger partial charge in [-0.3, -0.25) is 0 Å². The predicted molar refractivity (Wildman–Crippen MR) is 76.2 cm³/mol. The molecule has 2 aromatic rings. The van der Waals surface area contributed by atoms with E-state index in [0.29, 0.717) is 22.3 Å². The van der Waals surface area contributed by atoms with Crippen LogP contribution < -0.4 is 15.2 Å². The first-order chi connectivity index (χ1) is 9.51. The van der Waals surface area contributed by atoms with E-state index in [9.17, 15) is 8.42 Å². The molecule has 0 bridgehead atoms. The Balaban J connectivity index is 1.96. The van der Waals surface area contributed by atoms with E-state index < -0.39 is 10.0 Å². The second-order valence-corrected chi connectivity index (χ2v) is 6.72. The van der Waals surface area contributed by atoms with E-state index >= 15 is 0 Å². The second-order valence-electron chi connectivity index (χ2n) is 3.86. The highest BCUT2D eigenvalue weighted by molar-refractivity contribution is 7.89. The molecule has 0 saturated carbocycles. The molecule has 0 aliphatic heterocycles. The van der Waals surface area contributed by atoms with Crippen molar-refractivity contribution in [2.24, 2.45) is 0 Å². The number of methoxy groups -OCH3 is 1. The van der Waals surface area contributed by atoms with E-state index in [-0.39, 0.29) is 11.4 Å². The molecule has 0 fully saturated rings. The van der Waals surface area contributed by atoms with Gasteiger partial charge < -0.3 is 10.5 Å². The number of anilines is 1. The van der Waals surface area contributed by atoms with Crippen LogP contribution in [-0.4, -0.2) is 32.3 Å². The molecule has 0 atom stereocenters. The van der Waals surface area contributed by atoms with Crippen LogP contribution in [0.1, 0.15) is 5.01 Å². The minimum atomic E-state index is -3.53. The molecule has 1 heterocycles. The van der Waals surface area contributed by atoms with Crippen LogP contribution >= 0.6 is 11.3 Å². The summed E-state index contributed by atoms with van der Waals surface area (Å²) in [7, 11) is -2.01. The first-order valence-corrected chi connectivity index (χ1v) is 8.03. The molecule has 0 aliphatic rings. The van der Waals surface area contributed by atoms with Crippen LogP contribution in [0.4, 0.5) is 5.13 Å². The van der Waals surface area contributed by atoms with Crippen LogP contribution in [0.5, 0.6) is 5.75 Å². The molecular weight excluding hydrogens is 300 g/mol. The average molecular weight is 314 g/mol. The van der Waals surface area contributed by atoms with Gasteiger partial charge in [0.25, 0.3) is 0 Å². The zero-order valence-electron chi connectivity index (χ0n) is 10.7. The maximum absolute atomic E-state index is 12.0. The van der Waals surface area contributed by atoms with Crippen molar-refractivity contribution in [1.29, 1.82) is 0 Å². The number of nitrogens with two attached hydrogens (primary N) is 1. The summed E-state index contributed by atoms with van der Waals surface area (Å²) in [5, 5.41) is 8.55. The van der Waals surface area contributed by atoms with E-state index in [4.69, 9.17) is 10.5 Å². The standard InChI is InChI=1S/C11H14N4O3S2/c1-18-8-2-4-9(5-3-8)20(16,17)13-7-6-10-14-15-11(12)19-10/h2-5,13H,6-7H2,1H3,(H2,12,15). The van der Waals surface area contributed by atoms with E-state index in [1.54, 1.807) is 12.1 Å². The molecule has 108 valence electrons. The number of aromatic nitrogens is 2. The third-order valence-electron chi connectivity index (χ3n) is 2.48. The van der Waals surface area contributed by atoms with Gasteiger partial charge in [-0.15, -0.1) is 10.2 Å². The quantitative estimate of drug-likeness (QED) is 0.810. The highest BCUT2D eigenvalue weighted by atomic mass is 32.2. The molecule has 0 spiro atoms. The number of hydrogen-bond acceptors (Lipinski definition) is 7. The largest absolute Gasteiger partial charge is 0.497 e. The van der Waals surface area contributed by atoms with Crippen LogP contribution in [0.15, 0.2) is 29.2 Å². The fourth-order valence-electron chi connectivity index (χ4n) is 1.50. The Kier molecular flexibility index (Phi) is 4.53. The number of nitrogens with one attached hydrogen (secondary N) is 1. The Labute approximate surface area is 120 Å². The number of rotatable bonds is 6. The van der Waals surface area contributed by atoms with Gasteiger partial charge in [0.1, 0.15) is 10.8 Å². The Hall–Kier alpha value is -1.71. The molecule has 0 radical (unpaired) electrons. The molecule has 1 aromatic carbocycles. The van der Waals surface area contributed by atoms with E-state index in [1.807, 2.05) is 0 Å². The van der Waals surface area contributed by atoms with Crippen LogP contribution in [-0.2, 0) is 16.4 Å². The molecular formula is C11H14N4O3S2. The monoisotopic (exact) mass is 314 g/mol. The van der Waals surface area contributed by atoms with Gasteiger partial charge in [-0.25, -0.2) is 13.1 Å². The van der Waals surface area contributed by atoms with Crippen molar-refractivity contribution in [2.45, 2.75) is 11.3 Å². The summed E-state index contributed by atoms with van der Waals surface area (Å²) < 4.78 is 31.5. The van der Waals surface area contributed by atoms with Crippen molar-refractivity contribution in [2.75, 3.05) is 19.4 Å². The molecule has 0 unspecified atom stereocenters. The third-order valence-corrected chi connectivity index (χ3v) is 4.77. The second kappa shape index (κ2) is 6.16. The normalized spacial score (nSPS) is 11.4. The van der Waals surface area contributed by atoms with Gasteiger partial charge in [0.05, 0.1) is 12.0 Å². The number of sulfonamides is 1. The van der Waals surface area contributed by atoms with Crippen molar-refractivity contribution >= 4 is 26.5 Å². The lowest BCUT2D eigenvalue weighted by atomic mass is 10.3. The van der Waals surface area contributed by atoms with Crippen LogP contribution in [0, 0.1) is 0 Å². The van der Waals surface area contributed by atoms with Gasteiger partial charge in [0.2, 0.25) is 15.2 Å². The number of benzene rings is 1. The van der Waals surface area contributed by atoms with Crippen LogP contribution in [0.3, 0.4) is 0 Å². The molecule has 0 saturated heterocycles.